The van der Waals surface area contributed by atoms with E-state index in [1.54, 1.807) is 24.3 Å². The molecule has 0 spiro atoms. The van der Waals surface area contributed by atoms with E-state index in [4.69, 9.17) is 10.2 Å². The molecule has 6 nitrogen and oxygen atoms in total. The van der Waals surface area contributed by atoms with Crippen LogP contribution in [0.4, 0.5) is 5.69 Å². The molecule has 0 bridgehead atoms. The number of anilines is 1. The van der Waals surface area contributed by atoms with Crippen molar-refractivity contribution in [2.75, 3.05) is 11.1 Å². The van der Waals surface area contributed by atoms with Gasteiger partial charge in [0.05, 0.1) is 11.3 Å². The first-order chi connectivity index (χ1) is 12.6. The average molecular weight is 367 g/mol. The molecule has 0 saturated heterocycles. The monoisotopic (exact) mass is 367 g/mol. The van der Waals surface area contributed by atoms with Gasteiger partial charge in [0.2, 0.25) is 5.91 Å². The summed E-state index contributed by atoms with van der Waals surface area (Å²) in [6.45, 7) is 0. The molecule has 26 heavy (non-hydrogen) atoms. The molecule has 2 aromatic carbocycles. The minimum atomic E-state index is -0.423. The molecule has 1 saturated carbocycles. The maximum Gasteiger partial charge on any atom is 0.256 e. The molecule has 1 aliphatic rings. The van der Waals surface area contributed by atoms with Crippen molar-refractivity contribution in [1.29, 1.82) is 0 Å². The van der Waals surface area contributed by atoms with Gasteiger partial charge in [-0.25, -0.2) is 4.98 Å². The lowest BCUT2D eigenvalue weighted by atomic mass is 10.2. The van der Waals surface area contributed by atoms with E-state index in [1.807, 2.05) is 18.2 Å². The van der Waals surface area contributed by atoms with Gasteiger partial charge in [-0.05, 0) is 43.2 Å². The summed E-state index contributed by atoms with van der Waals surface area (Å²) < 4.78 is 5.74. The molecule has 1 fully saturated rings. The maximum atomic E-state index is 12.7. The second-order valence-electron chi connectivity index (χ2n) is 6.21. The molecular weight excluding hydrogens is 350 g/mol. The summed E-state index contributed by atoms with van der Waals surface area (Å²) in [6.07, 6.45) is 2.24. The van der Waals surface area contributed by atoms with Crippen molar-refractivity contribution in [1.82, 2.24) is 4.98 Å². The van der Waals surface area contributed by atoms with E-state index < -0.39 is 5.91 Å². The van der Waals surface area contributed by atoms with Gasteiger partial charge in [-0.2, -0.15) is 0 Å². The molecule has 2 amide bonds. The van der Waals surface area contributed by atoms with Gasteiger partial charge in [-0.15, -0.1) is 11.8 Å². The van der Waals surface area contributed by atoms with Crippen LogP contribution in [-0.2, 0) is 4.79 Å². The number of nitrogens with one attached hydrogen (secondary N) is 1. The highest BCUT2D eigenvalue weighted by Crippen LogP contribution is 2.40. The third kappa shape index (κ3) is 3.57. The van der Waals surface area contributed by atoms with Crippen molar-refractivity contribution in [3.63, 3.8) is 0 Å². The molecule has 3 N–H and O–H groups in total. The van der Waals surface area contributed by atoms with Crippen LogP contribution < -0.4 is 11.1 Å². The normalized spacial score (nSPS) is 13.7. The van der Waals surface area contributed by atoms with Crippen molar-refractivity contribution in [3.8, 4) is 0 Å². The average Bonchev–Trinajstić information content (AvgIpc) is 3.39. The first-order valence-corrected chi connectivity index (χ1v) is 9.30. The second kappa shape index (κ2) is 6.84. The first kappa shape index (κ1) is 16.7. The number of oxazole rings is 1. The standard InChI is InChI=1S/C19H17N3O3S/c20-17(23)10-26-16-4-2-1-3-13(16)18(24)21-12-7-8-15-14(9-12)22-19(25-15)11-5-6-11/h1-4,7-9,11H,5-6,10H2,(H2,20,23)(H,21,24). The van der Waals surface area contributed by atoms with E-state index in [2.05, 4.69) is 10.3 Å². The van der Waals surface area contributed by atoms with E-state index >= 15 is 0 Å². The Balaban J connectivity index is 1.54. The van der Waals surface area contributed by atoms with Crippen LogP contribution in [0.1, 0.15) is 35.0 Å². The van der Waals surface area contributed by atoms with Crippen LogP contribution in [0.3, 0.4) is 0 Å². The Morgan fingerprint density at radius 3 is 2.81 bits per heavy atom. The number of hydrogen-bond donors (Lipinski definition) is 2. The SMILES string of the molecule is NC(=O)CSc1ccccc1C(=O)Nc1ccc2oc(C3CC3)nc2c1. The van der Waals surface area contributed by atoms with Crippen LogP contribution in [0.2, 0.25) is 0 Å². The Bertz CT molecular complexity index is 995. The summed E-state index contributed by atoms with van der Waals surface area (Å²) >= 11 is 1.25. The molecule has 1 aliphatic carbocycles. The lowest BCUT2D eigenvalue weighted by molar-refractivity contribution is -0.115. The number of carbonyl (C=O) groups excluding carboxylic acids is 2. The summed E-state index contributed by atoms with van der Waals surface area (Å²) in [7, 11) is 0. The predicted molar refractivity (Wildman–Crippen MR) is 100 cm³/mol. The number of benzene rings is 2. The van der Waals surface area contributed by atoms with Crippen molar-refractivity contribution < 1.29 is 14.0 Å². The molecule has 0 radical (unpaired) electrons. The number of aromatic nitrogens is 1. The number of fused-ring (bicyclic) bond motifs is 1. The highest BCUT2D eigenvalue weighted by molar-refractivity contribution is 8.00. The molecule has 1 heterocycles. The Morgan fingerprint density at radius 1 is 1.23 bits per heavy atom. The van der Waals surface area contributed by atoms with Crippen LogP contribution in [-0.4, -0.2) is 22.6 Å². The quantitative estimate of drug-likeness (QED) is 0.650. The van der Waals surface area contributed by atoms with Crippen molar-refractivity contribution in [2.24, 2.45) is 5.73 Å². The molecule has 7 heteroatoms. The zero-order valence-corrected chi connectivity index (χ0v) is 14.7. The topological polar surface area (TPSA) is 98.2 Å². The van der Waals surface area contributed by atoms with Gasteiger partial charge >= 0.3 is 0 Å². The Morgan fingerprint density at radius 2 is 2.04 bits per heavy atom. The van der Waals surface area contributed by atoms with Crippen LogP contribution in [0.15, 0.2) is 51.8 Å². The lowest BCUT2D eigenvalue weighted by Crippen LogP contribution is -2.15. The van der Waals surface area contributed by atoms with Gasteiger partial charge in [-0.1, -0.05) is 12.1 Å². The molecule has 1 aromatic heterocycles. The largest absolute Gasteiger partial charge is 0.440 e. The van der Waals surface area contributed by atoms with Gasteiger partial charge in [0.25, 0.3) is 5.91 Å². The summed E-state index contributed by atoms with van der Waals surface area (Å²) in [5.41, 5.74) is 7.80. The number of hydrogen-bond acceptors (Lipinski definition) is 5. The molecular formula is C19H17N3O3S. The fraction of sp³-hybridized carbons (Fsp3) is 0.211. The van der Waals surface area contributed by atoms with E-state index in [9.17, 15) is 9.59 Å². The Kier molecular flexibility index (Phi) is 4.38. The fourth-order valence-electron chi connectivity index (χ4n) is 2.66. The number of nitrogens with zero attached hydrogens (tertiary/aromatic N) is 1. The summed E-state index contributed by atoms with van der Waals surface area (Å²) in [4.78, 5) is 28.9. The molecule has 0 unspecified atom stereocenters. The molecule has 0 atom stereocenters. The van der Waals surface area contributed by atoms with E-state index in [0.717, 1.165) is 29.8 Å². The van der Waals surface area contributed by atoms with Crippen LogP contribution >= 0.6 is 11.8 Å². The summed E-state index contributed by atoms with van der Waals surface area (Å²) in [6, 6.07) is 12.5. The molecule has 3 aromatic rings. The van der Waals surface area contributed by atoms with E-state index in [1.165, 1.54) is 11.8 Å². The summed E-state index contributed by atoms with van der Waals surface area (Å²) in [5.74, 6) is 0.668. The van der Waals surface area contributed by atoms with Gasteiger partial charge in [0.15, 0.2) is 11.5 Å². The van der Waals surface area contributed by atoms with Crippen LogP contribution in [0.5, 0.6) is 0 Å². The number of carbonyl (C=O) groups is 2. The third-order valence-electron chi connectivity index (χ3n) is 4.09. The minimum Gasteiger partial charge on any atom is -0.440 e. The van der Waals surface area contributed by atoms with Crippen LogP contribution in [0, 0.1) is 0 Å². The van der Waals surface area contributed by atoms with Gasteiger partial charge < -0.3 is 15.5 Å². The van der Waals surface area contributed by atoms with Gasteiger partial charge in [0.1, 0.15) is 5.52 Å². The summed E-state index contributed by atoms with van der Waals surface area (Å²) in [5, 5.41) is 2.88. The highest BCUT2D eigenvalue weighted by Gasteiger charge is 2.28. The van der Waals surface area contributed by atoms with Crippen molar-refractivity contribution in [2.45, 2.75) is 23.7 Å². The molecule has 132 valence electrons. The second-order valence-corrected chi connectivity index (χ2v) is 7.23. The number of nitrogens with two attached hydrogens (primary N) is 1. The van der Waals surface area contributed by atoms with Gasteiger partial charge in [-0.3, -0.25) is 9.59 Å². The van der Waals surface area contributed by atoms with E-state index in [0.29, 0.717) is 22.1 Å². The number of primary amides is 1. The first-order valence-electron chi connectivity index (χ1n) is 8.32. The molecule has 4 rings (SSSR count). The Labute approximate surface area is 154 Å². The Hall–Kier alpha value is -2.80. The van der Waals surface area contributed by atoms with Crippen LogP contribution in [0.25, 0.3) is 11.1 Å². The zero-order chi connectivity index (χ0) is 18.1. The lowest BCUT2D eigenvalue weighted by Gasteiger charge is -2.09. The van der Waals surface area contributed by atoms with Crippen molar-refractivity contribution >= 4 is 40.4 Å². The van der Waals surface area contributed by atoms with Crippen molar-refractivity contribution in [3.05, 3.63) is 53.9 Å². The maximum absolute atomic E-state index is 12.7. The smallest absolute Gasteiger partial charge is 0.256 e. The number of rotatable bonds is 6. The highest BCUT2D eigenvalue weighted by atomic mass is 32.2. The van der Waals surface area contributed by atoms with E-state index in [-0.39, 0.29) is 11.7 Å². The zero-order valence-electron chi connectivity index (χ0n) is 13.9. The predicted octanol–water partition coefficient (Wildman–Crippen LogP) is 3.53. The fourth-order valence-corrected chi connectivity index (χ4v) is 3.44. The number of amides is 2. The minimum absolute atomic E-state index is 0.124. The third-order valence-corrected chi connectivity index (χ3v) is 5.19. The van der Waals surface area contributed by atoms with Gasteiger partial charge in [0, 0.05) is 16.5 Å². The molecule has 0 aliphatic heterocycles. The number of thioether (sulfide) groups is 1.